The van der Waals surface area contributed by atoms with Gasteiger partial charge in [-0.15, -0.1) is 11.3 Å². The fourth-order valence-electron chi connectivity index (χ4n) is 2.62. The van der Waals surface area contributed by atoms with Crippen molar-refractivity contribution in [3.05, 3.63) is 80.8 Å². The quantitative estimate of drug-likeness (QED) is 0.474. The molecular formula is C21H15ClN2OS2. The number of hydrogen-bond acceptors (Lipinski definition) is 4. The highest BCUT2D eigenvalue weighted by atomic mass is 35.5. The number of amides is 1. The van der Waals surface area contributed by atoms with E-state index in [1.165, 1.54) is 11.8 Å². The fraction of sp³-hybridized carbons (Fsp3) is 0.0476. The van der Waals surface area contributed by atoms with Crippen LogP contribution < -0.4 is 0 Å². The first-order chi connectivity index (χ1) is 13.1. The SMILES string of the molecule is CN1C(=O)/C(=C/c2cc(-c3ccc(Cl)cc3)cs2)SC1=Nc1ccccc1. The predicted molar refractivity (Wildman–Crippen MR) is 117 cm³/mol. The second-order valence-electron chi connectivity index (χ2n) is 5.95. The Morgan fingerprint density at radius 2 is 1.78 bits per heavy atom. The number of amidine groups is 1. The summed E-state index contributed by atoms with van der Waals surface area (Å²) in [5.41, 5.74) is 3.06. The minimum Gasteiger partial charge on any atom is -0.290 e. The number of likely N-dealkylation sites (N-methyl/N-ethyl adjacent to an activating group) is 1. The zero-order valence-electron chi connectivity index (χ0n) is 14.4. The molecule has 0 radical (unpaired) electrons. The number of halogens is 1. The molecule has 27 heavy (non-hydrogen) atoms. The van der Waals surface area contributed by atoms with Gasteiger partial charge in [0.25, 0.3) is 5.91 Å². The summed E-state index contributed by atoms with van der Waals surface area (Å²) in [7, 11) is 1.76. The van der Waals surface area contributed by atoms with Gasteiger partial charge in [0.1, 0.15) is 0 Å². The van der Waals surface area contributed by atoms with Crippen LogP contribution in [-0.4, -0.2) is 23.0 Å². The molecule has 0 saturated carbocycles. The van der Waals surface area contributed by atoms with Crippen molar-refractivity contribution in [2.24, 2.45) is 4.99 Å². The van der Waals surface area contributed by atoms with Crippen molar-refractivity contribution in [1.29, 1.82) is 0 Å². The summed E-state index contributed by atoms with van der Waals surface area (Å²) in [4.78, 5) is 20.5. The topological polar surface area (TPSA) is 32.7 Å². The van der Waals surface area contributed by atoms with Crippen LogP contribution in [0.2, 0.25) is 5.02 Å². The number of para-hydroxylation sites is 1. The van der Waals surface area contributed by atoms with Crippen molar-refractivity contribution >= 4 is 57.5 Å². The molecule has 0 unspecified atom stereocenters. The molecule has 0 atom stereocenters. The highest BCUT2D eigenvalue weighted by Crippen LogP contribution is 2.35. The third kappa shape index (κ3) is 4.00. The monoisotopic (exact) mass is 410 g/mol. The van der Waals surface area contributed by atoms with Crippen molar-refractivity contribution in [2.75, 3.05) is 7.05 Å². The van der Waals surface area contributed by atoms with E-state index in [4.69, 9.17) is 11.6 Å². The molecule has 1 fully saturated rings. The molecular weight excluding hydrogens is 396 g/mol. The second-order valence-corrected chi connectivity index (χ2v) is 8.34. The molecule has 6 heteroatoms. The fourth-order valence-corrected chi connectivity index (χ4v) is 4.64. The van der Waals surface area contributed by atoms with Gasteiger partial charge in [-0.25, -0.2) is 4.99 Å². The number of benzene rings is 2. The summed E-state index contributed by atoms with van der Waals surface area (Å²) in [6.45, 7) is 0. The van der Waals surface area contributed by atoms with Crippen LogP contribution in [0.15, 0.2) is 75.9 Å². The van der Waals surface area contributed by atoms with E-state index < -0.39 is 0 Å². The summed E-state index contributed by atoms with van der Waals surface area (Å²) in [5.74, 6) is -0.0314. The molecule has 0 N–H and O–H groups in total. The number of aliphatic imine (C=N–C) groups is 1. The molecule has 4 rings (SSSR count). The average molecular weight is 411 g/mol. The maximum Gasteiger partial charge on any atom is 0.266 e. The van der Waals surface area contributed by atoms with Crippen molar-refractivity contribution in [1.82, 2.24) is 4.90 Å². The lowest BCUT2D eigenvalue weighted by Crippen LogP contribution is -2.23. The number of hydrogen-bond donors (Lipinski definition) is 0. The molecule has 1 aliphatic heterocycles. The maximum atomic E-state index is 12.6. The van der Waals surface area contributed by atoms with Gasteiger partial charge < -0.3 is 0 Å². The zero-order valence-corrected chi connectivity index (χ0v) is 16.8. The number of nitrogens with zero attached hydrogens (tertiary/aromatic N) is 2. The number of thiophene rings is 1. The van der Waals surface area contributed by atoms with Crippen molar-refractivity contribution in [3.63, 3.8) is 0 Å². The average Bonchev–Trinajstić information content (AvgIpc) is 3.24. The Labute approximate surface area is 171 Å². The smallest absolute Gasteiger partial charge is 0.266 e. The Bertz CT molecular complexity index is 1040. The molecule has 0 spiro atoms. The molecule has 1 amide bonds. The highest BCUT2D eigenvalue weighted by molar-refractivity contribution is 8.18. The van der Waals surface area contributed by atoms with Gasteiger partial charge in [-0.3, -0.25) is 9.69 Å². The Hall–Kier alpha value is -2.34. The molecule has 0 bridgehead atoms. The van der Waals surface area contributed by atoms with Crippen LogP contribution in [0, 0.1) is 0 Å². The lowest BCUT2D eigenvalue weighted by atomic mass is 10.1. The summed E-state index contributed by atoms with van der Waals surface area (Å²) >= 11 is 8.97. The second kappa shape index (κ2) is 7.72. The number of carbonyl (C=O) groups excluding carboxylic acids is 1. The Morgan fingerprint density at radius 3 is 2.52 bits per heavy atom. The molecule has 1 aliphatic rings. The van der Waals surface area contributed by atoms with E-state index in [-0.39, 0.29) is 5.91 Å². The third-order valence-corrected chi connectivity index (χ3v) is 6.25. The molecule has 2 aromatic carbocycles. The third-order valence-electron chi connectivity index (χ3n) is 4.06. The normalized spacial score (nSPS) is 17.3. The first-order valence-corrected chi connectivity index (χ1v) is 10.3. The van der Waals surface area contributed by atoms with E-state index in [1.807, 2.05) is 60.7 Å². The molecule has 2 heterocycles. The molecule has 0 aliphatic carbocycles. The van der Waals surface area contributed by atoms with Gasteiger partial charge in [0.2, 0.25) is 0 Å². The maximum absolute atomic E-state index is 12.6. The van der Waals surface area contributed by atoms with Crippen LogP contribution in [-0.2, 0) is 4.79 Å². The van der Waals surface area contributed by atoms with Crippen LogP contribution in [0.1, 0.15) is 4.88 Å². The molecule has 1 saturated heterocycles. The van der Waals surface area contributed by atoms with Gasteiger partial charge in [0, 0.05) is 16.9 Å². The van der Waals surface area contributed by atoms with Crippen LogP contribution in [0.25, 0.3) is 17.2 Å². The molecule has 1 aromatic heterocycles. The lowest BCUT2D eigenvalue weighted by Gasteiger charge is -2.06. The zero-order chi connectivity index (χ0) is 18.8. The van der Waals surface area contributed by atoms with E-state index in [0.29, 0.717) is 10.1 Å². The molecule has 134 valence electrons. The number of thioether (sulfide) groups is 1. The van der Waals surface area contributed by atoms with Crippen molar-refractivity contribution < 1.29 is 4.79 Å². The van der Waals surface area contributed by atoms with E-state index >= 15 is 0 Å². The molecule has 3 nitrogen and oxygen atoms in total. The van der Waals surface area contributed by atoms with E-state index in [2.05, 4.69) is 16.4 Å². The Kier molecular flexibility index (Phi) is 5.16. The van der Waals surface area contributed by atoms with Crippen LogP contribution in [0.4, 0.5) is 5.69 Å². The first kappa shape index (κ1) is 18.0. The van der Waals surface area contributed by atoms with Gasteiger partial charge >= 0.3 is 0 Å². The highest BCUT2D eigenvalue weighted by Gasteiger charge is 2.30. The summed E-state index contributed by atoms with van der Waals surface area (Å²) < 4.78 is 0. The largest absolute Gasteiger partial charge is 0.290 e. The Morgan fingerprint density at radius 1 is 1.04 bits per heavy atom. The van der Waals surface area contributed by atoms with E-state index in [1.54, 1.807) is 23.3 Å². The summed E-state index contributed by atoms with van der Waals surface area (Å²) in [6.07, 6.45) is 1.93. The number of carbonyl (C=O) groups is 1. The molecule has 3 aromatic rings. The van der Waals surface area contributed by atoms with Crippen molar-refractivity contribution in [2.45, 2.75) is 0 Å². The van der Waals surface area contributed by atoms with Gasteiger partial charge in [0.05, 0.1) is 10.6 Å². The number of rotatable bonds is 3. The van der Waals surface area contributed by atoms with Gasteiger partial charge in [-0.1, -0.05) is 41.9 Å². The lowest BCUT2D eigenvalue weighted by molar-refractivity contribution is -0.121. The minimum absolute atomic E-state index is 0.0314. The van der Waals surface area contributed by atoms with Gasteiger partial charge in [-0.2, -0.15) is 0 Å². The van der Waals surface area contributed by atoms with Crippen LogP contribution in [0.3, 0.4) is 0 Å². The van der Waals surface area contributed by atoms with Gasteiger partial charge in [0.15, 0.2) is 5.17 Å². The van der Waals surface area contributed by atoms with Crippen molar-refractivity contribution in [3.8, 4) is 11.1 Å². The summed E-state index contributed by atoms with van der Waals surface area (Å²) in [6, 6.07) is 19.5. The standard InChI is InChI=1S/C21H15ClN2OS2/c1-24-20(25)19(27-21(24)23-17-5-3-2-4-6-17)12-18-11-15(13-26-18)14-7-9-16(22)10-8-14/h2-13H,1H3/b19-12-,23-21?. The Balaban J connectivity index is 1.58. The summed E-state index contributed by atoms with van der Waals surface area (Å²) in [5, 5.41) is 3.49. The minimum atomic E-state index is -0.0314. The predicted octanol–water partition coefficient (Wildman–Crippen LogP) is 6.30. The van der Waals surface area contributed by atoms with E-state index in [0.717, 1.165) is 26.7 Å². The first-order valence-electron chi connectivity index (χ1n) is 8.26. The van der Waals surface area contributed by atoms with Crippen LogP contribution in [0.5, 0.6) is 0 Å². The van der Waals surface area contributed by atoms with Gasteiger partial charge in [-0.05, 0) is 64.7 Å². The van der Waals surface area contributed by atoms with E-state index in [9.17, 15) is 4.79 Å². The van der Waals surface area contributed by atoms with Crippen LogP contribution >= 0.6 is 34.7 Å².